The fourth-order valence-electron chi connectivity index (χ4n) is 4.49. The predicted molar refractivity (Wildman–Crippen MR) is 76.8 cm³/mol. The van der Waals surface area contributed by atoms with E-state index in [1.165, 1.54) is 38.5 Å². The van der Waals surface area contributed by atoms with Crippen LogP contribution in [0.2, 0.25) is 0 Å². The standard InChI is InChI=1S/C16H28N2O/c1-2-17-11-12-5-7-18(8-6-12)16(19)15-10-13-3-4-14(15)9-13/h12-15,17H,2-11H2,1H3. The fourth-order valence-corrected chi connectivity index (χ4v) is 4.49. The molecule has 19 heavy (non-hydrogen) atoms. The maximum absolute atomic E-state index is 12.6. The molecule has 3 rings (SSSR count). The van der Waals surface area contributed by atoms with Gasteiger partial charge >= 0.3 is 0 Å². The third kappa shape index (κ3) is 2.81. The molecule has 3 fully saturated rings. The Morgan fingerprint density at radius 2 is 1.95 bits per heavy atom. The molecule has 3 aliphatic rings. The molecular weight excluding hydrogens is 236 g/mol. The van der Waals surface area contributed by atoms with E-state index in [1.54, 1.807) is 0 Å². The molecule has 0 spiro atoms. The zero-order chi connectivity index (χ0) is 13.2. The van der Waals surface area contributed by atoms with Crippen molar-refractivity contribution in [2.24, 2.45) is 23.7 Å². The second-order valence-corrected chi connectivity index (χ2v) is 6.86. The molecule has 3 atom stereocenters. The number of rotatable bonds is 4. The molecule has 3 unspecified atom stereocenters. The SMILES string of the molecule is CCNCC1CCN(C(=O)C2CC3CCC2C3)CC1. The summed E-state index contributed by atoms with van der Waals surface area (Å²) >= 11 is 0. The second-order valence-electron chi connectivity index (χ2n) is 6.86. The topological polar surface area (TPSA) is 32.3 Å². The quantitative estimate of drug-likeness (QED) is 0.845. The molecule has 108 valence electrons. The summed E-state index contributed by atoms with van der Waals surface area (Å²) in [6.07, 6.45) is 7.63. The van der Waals surface area contributed by atoms with Crippen molar-refractivity contribution < 1.29 is 4.79 Å². The first-order valence-electron chi connectivity index (χ1n) is 8.27. The number of carbonyl (C=O) groups is 1. The third-order valence-corrected chi connectivity index (χ3v) is 5.66. The highest BCUT2D eigenvalue weighted by molar-refractivity contribution is 5.79. The van der Waals surface area contributed by atoms with Gasteiger partial charge in [-0.15, -0.1) is 0 Å². The van der Waals surface area contributed by atoms with Crippen LogP contribution < -0.4 is 5.32 Å². The monoisotopic (exact) mass is 264 g/mol. The molecule has 1 heterocycles. The van der Waals surface area contributed by atoms with Gasteiger partial charge in [0.1, 0.15) is 0 Å². The van der Waals surface area contributed by atoms with Crippen LogP contribution in [0.4, 0.5) is 0 Å². The van der Waals surface area contributed by atoms with Crippen molar-refractivity contribution in [3.8, 4) is 0 Å². The highest BCUT2D eigenvalue weighted by Gasteiger charge is 2.44. The molecule has 0 radical (unpaired) electrons. The molecule has 1 saturated heterocycles. The van der Waals surface area contributed by atoms with Crippen molar-refractivity contribution in [1.82, 2.24) is 10.2 Å². The molecule has 2 saturated carbocycles. The first-order valence-corrected chi connectivity index (χ1v) is 8.27. The lowest BCUT2D eigenvalue weighted by Gasteiger charge is -2.35. The van der Waals surface area contributed by atoms with Gasteiger partial charge in [-0.3, -0.25) is 4.79 Å². The highest BCUT2D eigenvalue weighted by atomic mass is 16.2. The smallest absolute Gasteiger partial charge is 0.225 e. The lowest BCUT2D eigenvalue weighted by atomic mass is 9.86. The molecule has 3 nitrogen and oxygen atoms in total. The van der Waals surface area contributed by atoms with Gasteiger partial charge in [-0.25, -0.2) is 0 Å². The summed E-state index contributed by atoms with van der Waals surface area (Å²) in [5, 5.41) is 3.44. The van der Waals surface area contributed by atoms with Crippen LogP contribution in [0, 0.1) is 23.7 Å². The van der Waals surface area contributed by atoms with Crippen molar-refractivity contribution in [2.75, 3.05) is 26.2 Å². The van der Waals surface area contributed by atoms with E-state index >= 15 is 0 Å². The molecule has 0 aromatic rings. The fraction of sp³-hybridized carbons (Fsp3) is 0.938. The van der Waals surface area contributed by atoms with Gasteiger partial charge in [0.05, 0.1) is 0 Å². The molecule has 3 heteroatoms. The van der Waals surface area contributed by atoms with Crippen LogP contribution in [0.3, 0.4) is 0 Å². The number of hydrogen-bond donors (Lipinski definition) is 1. The number of nitrogens with one attached hydrogen (secondary N) is 1. The second kappa shape index (κ2) is 5.82. The van der Waals surface area contributed by atoms with Crippen molar-refractivity contribution in [3.05, 3.63) is 0 Å². The van der Waals surface area contributed by atoms with E-state index in [0.29, 0.717) is 11.8 Å². The van der Waals surface area contributed by atoms with Gasteiger partial charge in [-0.2, -0.15) is 0 Å². The summed E-state index contributed by atoms with van der Waals surface area (Å²) in [7, 11) is 0. The lowest BCUT2D eigenvalue weighted by molar-refractivity contribution is -0.138. The van der Waals surface area contributed by atoms with Gasteiger partial charge in [0.15, 0.2) is 0 Å². The van der Waals surface area contributed by atoms with Gasteiger partial charge in [0.2, 0.25) is 5.91 Å². The van der Waals surface area contributed by atoms with Crippen LogP contribution in [-0.4, -0.2) is 37.0 Å². The average molecular weight is 264 g/mol. The van der Waals surface area contributed by atoms with Crippen LogP contribution in [-0.2, 0) is 4.79 Å². The minimum absolute atomic E-state index is 0.393. The van der Waals surface area contributed by atoms with E-state index in [-0.39, 0.29) is 0 Å². The Labute approximate surface area is 117 Å². The summed E-state index contributed by atoms with van der Waals surface area (Å²) in [5.41, 5.74) is 0. The van der Waals surface area contributed by atoms with Crippen LogP contribution in [0.15, 0.2) is 0 Å². The number of likely N-dealkylation sites (tertiary alicyclic amines) is 1. The molecule has 0 aromatic heterocycles. The Balaban J connectivity index is 1.47. The number of carbonyl (C=O) groups excluding carboxylic acids is 1. The van der Waals surface area contributed by atoms with E-state index < -0.39 is 0 Å². The van der Waals surface area contributed by atoms with Crippen LogP contribution in [0.1, 0.15) is 45.4 Å². The number of amides is 1. The zero-order valence-electron chi connectivity index (χ0n) is 12.2. The molecule has 1 N–H and O–H groups in total. The van der Waals surface area contributed by atoms with E-state index in [0.717, 1.165) is 43.9 Å². The molecule has 1 amide bonds. The Hall–Kier alpha value is -0.570. The Morgan fingerprint density at radius 3 is 2.53 bits per heavy atom. The van der Waals surface area contributed by atoms with Crippen LogP contribution in [0.5, 0.6) is 0 Å². The van der Waals surface area contributed by atoms with Gasteiger partial charge in [-0.1, -0.05) is 13.3 Å². The number of hydrogen-bond acceptors (Lipinski definition) is 2. The molecular formula is C16H28N2O. The van der Waals surface area contributed by atoms with Gasteiger partial charge in [0.25, 0.3) is 0 Å². The predicted octanol–water partition coefficient (Wildman–Crippen LogP) is 2.27. The molecule has 0 aromatic carbocycles. The van der Waals surface area contributed by atoms with Crippen LogP contribution >= 0.6 is 0 Å². The summed E-state index contributed by atoms with van der Waals surface area (Å²) < 4.78 is 0. The van der Waals surface area contributed by atoms with Gasteiger partial charge in [-0.05, 0) is 62.9 Å². The zero-order valence-corrected chi connectivity index (χ0v) is 12.2. The average Bonchev–Trinajstić information content (AvgIpc) is 3.07. The number of piperidine rings is 1. The minimum atomic E-state index is 0.393. The first kappa shape index (κ1) is 13.4. The number of fused-ring (bicyclic) bond motifs is 2. The normalized spacial score (nSPS) is 35.0. The Bertz CT molecular complexity index is 323. The molecule has 2 bridgehead atoms. The largest absolute Gasteiger partial charge is 0.342 e. The van der Waals surface area contributed by atoms with Crippen LogP contribution in [0.25, 0.3) is 0 Å². The third-order valence-electron chi connectivity index (χ3n) is 5.66. The van der Waals surface area contributed by atoms with Gasteiger partial charge < -0.3 is 10.2 Å². The molecule has 2 aliphatic carbocycles. The van der Waals surface area contributed by atoms with E-state index in [2.05, 4.69) is 17.1 Å². The minimum Gasteiger partial charge on any atom is -0.342 e. The summed E-state index contributed by atoms with van der Waals surface area (Å²) in [6, 6.07) is 0. The summed E-state index contributed by atoms with van der Waals surface area (Å²) in [4.78, 5) is 14.8. The van der Waals surface area contributed by atoms with Crippen molar-refractivity contribution in [1.29, 1.82) is 0 Å². The Morgan fingerprint density at radius 1 is 1.16 bits per heavy atom. The van der Waals surface area contributed by atoms with Crippen molar-refractivity contribution >= 4 is 5.91 Å². The van der Waals surface area contributed by atoms with Crippen molar-refractivity contribution in [2.45, 2.75) is 45.4 Å². The van der Waals surface area contributed by atoms with E-state index in [9.17, 15) is 4.79 Å². The maximum atomic E-state index is 12.6. The first-order chi connectivity index (χ1) is 9.28. The number of nitrogens with zero attached hydrogens (tertiary/aromatic N) is 1. The highest BCUT2D eigenvalue weighted by Crippen LogP contribution is 2.49. The van der Waals surface area contributed by atoms with E-state index in [4.69, 9.17) is 0 Å². The van der Waals surface area contributed by atoms with Gasteiger partial charge in [0, 0.05) is 19.0 Å². The van der Waals surface area contributed by atoms with E-state index in [1.807, 2.05) is 0 Å². The maximum Gasteiger partial charge on any atom is 0.225 e. The Kier molecular flexibility index (Phi) is 4.11. The molecule has 1 aliphatic heterocycles. The summed E-state index contributed by atoms with van der Waals surface area (Å²) in [6.45, 7) is 6.36. The summed E-state index contributed by atoms with van der Waals surface area (Å²) in [5.74, 6) is 3.28. The van der Waals surface area contributed by atoms with Crippen molar-refractivity contribution in [3.63, 3.8) is 0 Å². The lowest BCUT2D eigenvalue weighted by Crippen LogP contribution is -2.44.